The highest BCUT2D eigenvalue weighted by Gasteiger charge is 2.18. The first-order valence-corrected chi connectivity index (χ1v) is 5.68. The van der Waals surface area contributed by atoms with Crippen LogP contribution in [0, 0.1) is 6.92 Å². The topological polar surface area (TPSA) is 0 Å². The van der Waals surface area contributed by atoms with Gasteiger partial charge in [0.1, 0.15) is 0 Å². The Bertz CT molecular complexity index is 588. The lowest BCUT2D eigenvalue weighted by molar-refractivity contribution is 1.22. The van der Waals surface area contributed by atoms with Crippen LogP contribution in [0.4, 0.5) is 0 Å². The van der Waals surface area contributed by atoms with E-state index < -0.39 is 0 Å². The molecule has 0 amide bonds. The zero-order chi connectivity index (χ0) is 11.1. The predicted molar refractivity (Wildman–Crippen MR) is 68.2 cm³/mol. The predicted octanol–water partition coefficient (Wildman–Crippen LogP) is 3.98. The number of benzene rings is 1. The quantitative estimate of drug-likeness (QED) is 0.563. The van der Waals surface area contributed by atoms with Crippen LogP contribution in [0.5, 0.6) is 0 Å². The third kappa shape index (κ3) is 1.39. The second-order valence-corrected chi connectivity index (χ2v) is 4.62. The van der Waals surface area contributed by atoms with Gasteiger partial charge in [0.05, 0.1) is 0 Å². The van der Waals surface area contributed by atoms with E-state index in [1.807, 2.05) is 6.08 Å². The van der Waals surface area contributed by atoms with Gasteiger partial charge in [0.25, 0.3) is 0 Å². The summed E-state index contributed by atoms with van der Waals surface area (Å²) in [5.74, 6) is 0. The zero-order valence-corrected chi connectivity index (χ0v) is 9.67. The molecule has 0 saturated carbocycles. The normalized spacial score (nSPS) is 17.0. The van der Waals surface area contributed by atoms with Crippen molar-refractivity contribution in [3.05, 3.63) is 70.0 Å². The Hall–Kier alpha value is -1.78. The summed E-state index contributed by atoms with van der Waals surface area (Å²) in [6, 6.07) is 6.72. The Morgan fingerprint density at radius 2 is 2.00 bits per heavy atom. The lowest BCUT2D eigenvalue weighted by atomic mass is 10.0. The van der Waals surface area contributed by atoms with Gasteiger partial charge >= 0.3 is 0 Å². The fourth-order valence-corrected chi connectivity index (χ4v) is 2.48. The van der Waals surface area contributed by atoms with E-state index in [4.69, 9.17) is 0 Å². The van der Waals surface area contributed by atoms with Gasteiger partial charge in [0.2, 0.25) is 0 Å². The maximum atomic E-state index is 3.25. The molecule has 3 rings (SSSR count). The molecule has 16 heavy (non-hydrogen) atoms. The Kier molecular flexibility index (Phi) is 1.99. The molecule has 0 radical (unpaired) electrons. The molecule has 0 nitrogen and oxygen atoms in total. The van der Waals surface area contributed by atoms with Crippen molar-refractivity contribution in [1.29, 1.82) is 0 Å². The Labute approximate surface area is 96.3 Å². The van der Waals surface area contributed by atoms with Crippen molar-refractivity contribution in [2.75, 3.05) is 0 Å². The van der Waals surface area contributed by atoms with Crippen molar-refractivity contribution in [3.63, 3.8) is 0 Å². The van der Waals surface area contributed by atoms with Crippen LogP contribution in [0.1, 0.15) is 23.6 Å². The summed E-state index contributed by atoms with van der Waals surface area (Å²) in [5, 5.41) is 0. The van der Waals surface area contributed by atoms with E-state index in [-0.39, 0.29) is 0 Å². The highest BCUT2D eigenvalue weighted by atomic mass is 14.2. The summed E-state index contributed by atoms with van der Waals surface area (Å²) in [5.41, 5.74) is 11.5. The first kappa shape index (κ1) is 9.45. The van der Waals surface area contributed by atoms with E-state index in [1.165, 1.54) is 33.4 Å². The number of allylic oxidation sites excluding steroid dienone is 5. The van der Waals surface area contributed by atoms with Crippen molar-refractivity contribution in [3.8, 4) is 0 Å². The fraction of sp³-hybridized carbons (Fsp3) is 0.188. The monoisotopic (exact) mass is 206 g/mol. The van der Waals surface area contributed by atoms with Gasteiger partial charge in [0, 0.05) is 0 Å². The Morgan fingerprint density at radius 1 is 1.12 bits per heavy atom. The van der Waals surface area contributed by atoms with Crippen LogP contribution in [-0.2, 0) is 6.42 Å². The number of aryl methyl sites for hydroxylation is 1. The molecule has 0 saturated heterocycles. The molecule has 0 heteroatoms. The zero-order valence-electron chi connectivity index (χ0n) is 9.67. The second kappa shape index (κ2) is 3.37. The summed E-state index contributed by atoms with van der Waals surface area (Å²) in [6.45, 7) is 4.28. The minimum Gasteiger partial charge on any atom is -0.120 e. The van der Waals surface area contributed by atoms with E-state index in [9.17, 15) is 0 Å². The number of hydrogen-bond donors (Lipinski definition) is 0. The summed E-state index contributed by atoms with van der Waals surface area (Å²) in [7, 11) is 0. The molecule has 0 fully saturated rings. The van der Waals surface area contributed by atoms with E-state index in [0.717, 1.165) is 6.42 Å². The molecular weight excluding hydrogens is 192 g/mol. The molecule has 0 bridgehead atoms. The summed E-state index contributed by atoms with van der Waals surface area (Å²) in [4.78, 5) is 0. The molecule has 0 aliphatic heterocycles. The van der Waals surface area contributed by atoms with E-state index in [2.05, 4.69) is 49.9 Å². The standard InChI is InChI=1S/C16H14/c1-11-4-3-5-15-13(8-11)10-14-9-12(2)6-7-16(14)15/h4-9H,10H2,1-2H3. The Morgan fingerprint density at radius 3 is 2.88 bits per heavy atom. The smallest absolute Gasteiger partial charge is 0.00130 e. The average Bonchev–Trinajstić information content (AvgIpc) is 2.44. The summed E-state index contributed by atoms with van der Waals surface area (Å²) >= 11 is 0. The molecule has 0 aromatic heterocycles. The molecule has 2 aliphatic rings. The molecule has 0 spiro atoms. The first-order chi connectivity index (χ1) is 7.74. The van der Waals surface area contributed by atoms with Crippen LogP contribution in [0.15, 0.2) is 53.3 Å². The number of rotatable bonds is 0. The van der Waals surface area contributed by atoms with Crippen LogP contribution in [0.25, 0.3) is 5.57 Å². The van der Waals surface area contributed by atoms with Gasteiger partial charge in [-0.05, 0) is 60.3 Å². The van der Waals surface area contributed by atoms with Crippen molar-refractivity contribution in [1.82, 2.24) is 0 Å². The van der Waals surface area contributed by atoms with Crippen molar-refractivity contribution in [2.24, 2.45) is 0 Å². The van der Waals surface area contributed by atoms with Crippen LogP contribution in [0.2, 0.25) is 0 Å². The van der Waals surface area contributed by atoms with Crippen LogP contribution >= 0.6 is 0 Å². The van der Waals surface area contributed by atoms with Gasteiger partial charge in [0.15, 0.2) is 0 Å². The van der Waals surface area contributed by atoms with Crippen LogP contribution < -0.4 is 0 Å². The van der Waals surface area contributed by atoms with Crippen molar-refractivity contribution in [2.45, 2.75) is 20.3 Å². The van der Waals surface area contributed by atoms with Gasteiger partial charge < -0.3 is 0 Å². The lowest BCUT2D eigenvalue weighted by Gasteiger charge is -2.01. The van der Waals surface area contributed by atoms with E-state index >= 15 is 0 Å². The molecule has 0 unspecified atom stereocenters. The van der Waals surface area contributed by atoms with Crippen LogP contribution in [-0.4, -0.2) is 0 Å². The number of hydrogen-bond acceptors (Lipinski definition) is 0. The highest BCUT2D eigenvalue weighted by Crippen LogP contribution is 2.36. The molecule has 2 aliphatic carbocycles. The molecule has 0 atom stereocenters. The fourth-order valence-electron chi connectivity index (χ4n) is 2.48. The third-order valence-electron chi connectivity index (χ3n) is 3.22. The van der Waals surface area contributed by atoms with E-state index in [1.54, 1.807) is 0 Å². The van der Waals surface area contributed by atoms with Gasteiger partial charge in [-0.15, -0.1) is 5.73 Å². The Balaban J connectivity index is 2.20. The molecule has 1 aromatic rings. The third-order valence-corrected chi connectivity index (χ3v) is 3.22. The highest BCUT2D eigenvalue weighted by molar-refractivity contribution is 5.85. The molecule has 78 valence electrons. The van der Waals surface area contributed by atoms with Gasteiger partial charge in [-0.1, -0.05) is 29.8 Å². The maximum Gasteiger partial charge on any atom is -0.00130 e. The molecule has 0 N–H and O–H groups in total. The van der Waals surface area contributed by atoms with Crippen molar-refractivity contribution < 1.29 is 0 Å². The minimum atomic E-state index is 1.07. The SMILES string of the molecule is CC1=CC2=C(C=C=C1)c1ccc(C)cc1C2. The van der Waals surface area contributed by atoms with Crippen LogP contribution in [0.3, 0.4) is 0 Å². The van der Waals surface area contributed by atoms with Crippen molar-refractivity contribution >= 4 is 5.57 Å². The lowest BCUT2D eigenvalue weighted by Crippen LogP contribution is -1.85. The number of fused-ring (bicyclic) bond motifs is 2. The van der Waals surface area contributed by atoms with Gasteiger partial charge in [-0.2, -0.15) is 0 Å². The average molecular weight is 206 g/mol. The summed E-state index contributed by atoms with van der Waals surface area (Å²) < 4.78 is 0. The van der Waals surface area contributed by atoms with E-state index in [0.29, 0.717) is 0 Å². The van der Waals surface area contributed by atoms with Gasteiger partial charge in [-0.25, -0.2) is 0 Å². The molecule has 0 heterocycles. The second-order valence-electron chi connectivity index (χ2n) is 4.62. The maximum absolute atomic E-state index is 3.25. The molecular formula is C16H14. The van der Waals surface area contributed by atoms with Gasteiger partial charge in [-0.3, -0.25) is 0 Å². The molecule has 1 aromatic carbocycles. The minimum absolute atomic E-state index is 1.07. The largest absolute Gasteiger partial charge is 0.120 e. The summed E-state index contributed by atoms with van der Waals surface area (Å²) in [6.07, 6.45) is 7.51. The first-order valence-electron chi connectivity index (χ1n) is 5.68.